The van der Waals surface area contributed by atoms with Gasteiger partial charge in [0, 0.05) is 18.0 Å². The first-order valence-corrected chi connectivity index (χ1v) is 8.34. The van der Waals surface area contributed by atoms with E-state index in [2.05, 4.69) is 46.5 Å². The topological polar surface area (TPSA) is 88.5 Å². The van der Waals surface area contributed by atoms with E-state index in [0.717, 1.165) is 30.2 Å². The fourth-order valence-electron chi connectivity index (χ4n) is 1.99. The summed E-state index contributed by atoms with van der Waals surface area (Å²) in [4.78, 5) is 8.80. The third-order valence-electron chi connectivity index (χ3n) is 3.41. The van der Waals surface area contributed by atoms with Crippen LogP contribution in [-0.2, 0) is 24.9 Å². The maximum atomic E-state index is 5.77. The van der Waals surface area contributed by atoms with Gasteiger partial charge in [0.2, 0.25) is 5.89 Å². The molecule has 0 amide bonds. The lowest BCUT2D eigenvalue weighted by molar-refractivity contribution is 0.377. The van der Waals surface area contributed by atoms with Gasteiger partial charge in [-0.3, -0.25) is 0 Å². The molecule has 2 heterocycles. The van der Waals surface area contributed by atoms with E-state index in [1.54, 1.807) is 6.20 Å². The predicted molar refractivity (Wildman–Crippen MR) is 108 cm³/mol. The molecule has 0 spiro atoms. The first-order chi connectivity index (χ1) is 11.4. The standard InChI is InChI=1S/C17H27N5O2.HI/c1-6-12-8-13(24-22-12)9-20-16(18-7-2)21-11-15-19-10-14(23-15)17(3,4)5;/h8,10H,6-7,9,11H2,1-5H3,(H2,18,20,21);1H. The molecule has 2 rings (SSSR count). The Labute approximate surface area is 166 Å². The van der Waals surface area contributed by atoms with Crippen LogP contribution in [0.15, 0.2) is 26.2 Å². The van der Waals surface area contributed by atoms with E-state index in [0.29, 0.717) is 24.9 Å². The molecule has 8 heteroatoms. The lowest BCUT2D eigenvalue weighted by atomic mass is 9.94. The molecule has 140 valence electrons. The van der Waals surface area contributed by atoms with E-state index in [4.69, 9.17) is 8.94 Å². The SMILES string of the molecule is CCNC(=NCc1cc(CC)no1)NCc1ncc(C(C)(C)C)o1.I. The maximum absolute atomic E-state index is 5.77. The van der Waals surface area contributed by atoms with Crippen LogP contribution in [-0.4, -0.2) is 22.6 Å². The van der Waals surface area contributed by atoms with Gasteiger partial charge in [0.25, 0.3) is 0 Å². The van der Waals surface area contributed by atoms with Crippen LogP contribution >= 0.6 is 24.0 Å². The van der Waals surface area contributed by atoms with Crippen molar-refractivity contribution in [3.63, 3.8) is 0 Å². The summed E-state index contributed by atoms with van der Waals surface area (Å²) < 4.78 is 11.0. The molecule has 0 aliphatic carbocycles. The normalized spacial score (nSPS) is 12.0. The van der Waals surface area contributed by atoms with Crippen molar-refractivity contribution in [2.24, 2.45) is 4.99 Å². The van der Waals surface area contributed by atoms with Gasteiger partial charge in [-0.2, -0.15) is 0 Å². The van der Waals surface area contributed by atoms with E-state index >= 15 is 0 Å². The zero-order valence-corrected chi connectivity index (χ0v) is 17.9. The summed E-state index contributed by atoms with van der Waals surface area (Å²) in [7, 11) is 0. The molecule has 0 aliphatic heterocycles. The van der Waals surface area contributed by atoms with Crippen molar-refractivity contribution in [2.45, 2.75) is 59.5 Å². The zero-order valence-electron chi connectivity index (χ0n) is 15.5. The second-order valence-electron chi connectivity index (χ2n) is 6.56. The highest BCUT2D eigenvalue weighted by Gasteiger charge is 2.19. The summed E-state index contributed by atoms with van der Waals surface area (Å²) in [5.41, 5.74) is 0.889. The summed E-state index contributed by atoms with van der Waals surface area (Å²) in [6.07, 6.45) is 2.63. The molecule has 7 nitrogen and oxygen atoms in total. The maximum Gasteiger partial charge on any atom is 0.213 e. The number of nitrogens with one attached hydrogen (secondary N) is 2. The van der Waals surface area contributed by atoms with Crippen LogP contribution < -0.4 is 10.6 Å². The number of aromatic nitrogens is 2. The van der Waals surface area contributed by atoms with Crippen LogP contribution in [0.1, 0.15) is 57.7 Å². The Bertz CT molecular complexity index is 673. The molecular formula is C17H28IN5O2. The van der Waals surface area contributed by atoms with Crippen LogP contribution in [0.2, 0.25) is 0 Å². The Morgan fingerprint density at radius 1 is 1.24 bits per heavy atom. The van der Waals surface area contributed by atoms with Crippen molar-refractivity contribution < 1.29 is 8.94 Å². The number of guanidine groups is 1. The number of nitrogens with zero attached hydrogens (tertiary/aromatic N) is 3. The van der Waals surface area contributed by atoms with Crippen molar-refractivity contribution in [3.8, 4) is 0 Å². The molecular weight excluding hydrogens is 433 g/mol. The third-order valence-corrected chi connectivity index (χ3v) is 3.41. The Balaban J connectivity index is 0.00000312. The molecule has 25 heavy (non-hydrogen) atoms. The zero-order chi connectivity index (χ0) is 17.6. The highest BCUT2D eigenvalue weighted by molar-refractivity contribution is 14.0. The van der Waals surface area contributed by atoms with E-state index in [1.807, 2.05) is 19.9 Å². The van der Waals surface area contributed by atoms with E-state index in [9.17, 15) is 0 Å². The van der Waals surface area contributed by atoms with E-state index in [1.165, 1.54) is 0 Å². The van der Waals surface area contributed by atoms with Crippen molar-refractivity contribution in [3.05, 3.63) is 35.4 Å². The lowest BCUT2D eigenvalue weighted by Crippen LogP contribution is -2.36. The summed E-state index contributed by atoms with van der Waals surface area (Å²) in [6, 6.07) is 1.93. The average molecular weight is 461 g/mol. The number of halogens is 1. The first-order valence-electron chi connectivity index (χ1n) is 8.34. The van der Waals surface area contributed by atoms with Gasteiger partial charge in [0.1, 0.15) is 12.3 Å². The predicted octanol–water partition coefficient (Wildman–Crippen LogP) is 3.40. The Hall–Kier alpha value is -1.58. The molecule has 0 atom stereocenters. The molecule has 0 radical (unpaired) electrons. The van der Waals surface area contributed by atoms with Crippen molar-refractivity contribution in [2.75, 3.05) is 6.54 Å². The van der Waals surface area contributed by atoms with Gasteiger partial charge in [-0.25, -0.2) is 9.98 Å². The van der Waals surface area contributed by atoms with Gasteiger partial charge in [-0.1, -0.05) is 32.9 Å². The fourth-order valence-corrected chi connectivity index (χ4v) is 1.99. The van der Waals surface area contributed by atoms with Crippen LogP contribution in [0.3, 0.4) is 0 Å². The van der Waals surface area contributed by atoms with E-state index in [-0.39, 0.29) is 29.4 Å². The summed E-state index contributed by atoms with van der Waals surface area (Å²) in [5.74, 6) is 2.94. The van der Waals surface area contributed by atoms with Gasteiger partial charge in [0.15, 0.2) is 11.7 Å². The number of hydrogen-bond acceptors (Lipinski definition) is 5. The molecule has 0 bridgehead atoms. The number of aryl methyl sites for hydroxylation is 1. The number of rotatable bonds is 6. The minimum Gasteiger partial charge on any atom is -0.443 e. The molecule has 2 aromatic heterocycles. The molecule has 0 aliphatic rings. The Kier molecular flexibility index (Phi) is 8.40. The van der Waals surface area contributed by atoms with E-state index < -0.39 is 0 Å². The average Bonchev–Trinajstić information content (AvgIpc) is 3.18. The number of hydrogen-bond donors (Lipinski definition) is 2. The highest BCUT2D eigenvalue weighted by atomic mass is 127. The Morgan fingerprint density at radius 3 is 2.56 bits per heavy atom. The largest absolute Gasteiger partial charge is 0.443 e. The smallest absolute Gasteiger partial charge is 0.213 e. The van der Waals surface area contributed by atoms with Crippen molar-refractivity contribution in [1.82, 2.24) is 20.8 Å². The summed E-state index contributed by atoms with van der Waals surface area (Å²) in [5, 5.41) is 10.4. The highest BCUT2D eigenvalue weighted by Crippen LogP contribution is 2.22. The van der Waals surface area contributed by atoms with Gasteiger partial charge in [-0.15, -0.1) is 24.0 Å². The van der Waals surface area contributed by atoms with Gasteiger partial charge in [-0.05, 0) is 13.3 Å². The third kappa shape index (κ3) is 6.68. The molecule has 0 fully saturated rings. The second-order valence-corrected chi connectivity index (χ2v) is 6.56. The molecule has 0 aromatic carbocycles. The van der Waals surface area contributed by atoms with Crippen molar-refractivity contribution >= 4 is 29.9 Å². The molecule has 0 unspecified atom stereocenters. The van der Waals surface area contributed by atoms with Crippen LogP contribution in [0, 0.1) is 0 Å². The van der Waals surface area contributed by atoms with Crippen LogP contribution in [0.5, 0.6) is 0 Å². The van der Waals surface area contributed by atoms with Crippen LogP contribution in [0.4, 0.5) is 0 Å². The number of oxazole rings is 1. The molecule has 0 saturated heterocycles. The minimum atomic E-state index is -0.0485. The summed E-state index contributed by atoms with van der Waals surface area (Å²) >= 11 is 0. The van der Waals surface area contributed by atoms with Gasteiger partial charge in [0.05, 0.1) is 18.4 Å². The Morgan fingerprint density at radius 2 is 2.00 bits per heavy atom. The molecule has 0 saturated carbocycles. The quantitative estimate of drug-likeness (QED) is 0.390. The molecule has 2 N–H and O–H groups in total. The molecule has 2 aromatic rings. The fraction of sp³-hybridized carbons (Fsp3) is 0.588. The van der Waals surface area contributed by atoms with Gasteiger partial charge >= 0.3 is 0 Å². The lowest BCUT2D eigenvalue weighted by Gasteiger charge is -2.13. The number of aliphatic imine (C=N–C) groups is 1. The van der Waals surface area contributed by atoms with Crippen molar-refractivity contribution in [1.29, 1.82) is 0 Å². The monoisotopic (exact) mass is 461 g/mol. The van der Waals surface area contributed by atoms with Gasteiger partial charge < -0.3 is 19.6 Å². The summed E-state index contributed by atoms with van der Waals surface area (Å²) in [6.45, 7) is 12.0. The minimum absolute atomic E-state index is 0. The first kappa shape index (κ1) is 21.5. The van der Waals surface area contributed by atoms with Crippen LogP contribution in [0.25, 0.3) is 0 Å². The second kappa shape index (κ2) is 9.79.